The van der Waals surface area contributed by atoms with Crippen LogP contribution in [-0.2, 0) is 9.59 Å². The Bertz CT molecular complexity index is 254. The maximum Gasteiger partial charge on any atom is 0.310 e. The number of amides is 1. The maximum absolute atomic E-state index is 10.9. The van der Waals surface area contributed by atoms with E-state index < -0.39 is 11.4 Å². The Hall–Kier alpha value is -1.10. The molecule has 1 fully saturated rings. The van der Waals surface area contributed by atoms with Crippen molar-refractivity contribution < 1.29 is 14.7 Å². The van der Waals surface area contributed by atoms with Crippen molar-refractivity contribution in [2.24, 2.45) is 11.1 Å². The van der Waals surface area contributed by atoms with Crippen molar-refractivity contribution in [3.63, 3.8) is 0 Å². The first-order valence-electron chi connectivity index (χ1n) is 4.68. The van der Waals surface area contributed by atoms with Crippen LogP contribution >= 0.6 is 0 Å². The van der Waals surface area contributed by atoms with Crippen molar-refractivity contribution in [2.75, 3.05) is 19.6 Å². The number of primary amides is 1. The Morgan fingerprint density at radius 1 is 1.57 bits per heavy atom. The molecular weight excluding hydrogens is 184 g/mol. The van der Waals surface area contributed by atoms with Gasteiger partial charge in [-0.1, -0.05) is 0 Å². The van der Waals surface area contributed by atoms with Crippen molar-refractivity contribution in [3.05, 3.63) is 0 Å². The highest BCUT2D eigenvalue weighted by atomic mass is 16.4. The summed E-state index contributed by atoms with van der Waals surface area (Å²) in [5.41, 5.74) is 4.36. The molecule has 0 aromatic heterocycles. The molecular formula is C9H16N2O3. The lowest BCUT2D eigenvalue weighted by Gasteiger charge is -2.19. The van der Waals surface area contributed by atoms with Gasteiger partial charge in [-0.05, 0) is 19.9 Å². The predicted octanol–water partition coefficient (Wildman–Crippen LogP) is -0.342. The number of carboxylic acid groups (broad SMARTS) is 1. The van der Waals surface area contributed by atoms with Gasteiger partial charge in [0.2, 0.25) is 5.91 Å². The van der Waals surface area contributed by atoms with Gasteiger partial charge < -0.3 is 15.7 Å². The summed E-state index contributed by atoms with van der Waals surface area (Å²) in [6.45, 7) is 3.55. The summed E-state index contributed by atoms with van der Waals surface area (Å²) < 4.78 is 0. The van der Waals surface area contributed by atoms with E-state index in [-0.39, 0.29) is 5.91 Å². The van der Waals surface area contributed by atoms with Crippen LogP contribution in [-0.4, -0.2) is 41.5 Å². The molecule has 5 nitrogen and oxygen atoms in total. The van der Waals surface area contributed by atoms with Gasteiger partial charge in [-0.3, -0.25) is 9.59 Å². The third kappa shape index (κ3) is 2.45. The monoisotopic (exact) mass is 200 g/mol. The molecule has 0 bridgehead atoms. The number of carbonyl (C=O) groups is 2. The van der Waals surface area contributed by atoms with Gasteiger partial charge in [0.25, 0.3) is 0 Å². The molecule has 0 spiro atoms. The van der Waals surface area contributed by atoms with E-state index >= 15 is 0 Å². The molecule has 1 amide bonds. The lowest BCUT2D eigenvalue weighted by molar-refractivity contribution is -0.147. The Balaban J connectivity index is 2.41. The molecule has 1 saturated heterocycles. The van der Waals surface area contributed by atoms with Crippen LogP contribution in [0.25, 0.3) is 0 Å². The second-order valence-corrected chi connectivity index (χ2v) is 4.11. The highest BCUT2D eigenvalue weighted by Gasteiger charge is 2.40. The lowest BCUT2D eigenvalue weighted by Crippen LogP contribution is -2.33. The highest BCUT2D eigenvalue weighted by Crippen LogP contribution is 2.29. The number of hydrogen-bond acceptors (Lipinski definition) is 3. The van der Waals surface area contributed by atoms with Crippen LogP contribution in [0.2, 0.25) is 0 Å². The number of likely N-dealkylation sites (tertiary alicyclic amines) is 1. The zero-order valence-electron chi connectivity index (χ0n) is 8.32. The van der Waals surface area contributed by atoms with Gasteiger partial charge in [0, 0.05) is 19.5 Å². The van der Waals surface area contributed by atoms with Crippen LogP contribution in [0.1, 0.15) is 19.8 Å². The Morgan fingerprint density at radius 3 is 2.64 bits per heavy atom. The first-order valence-corrected chi connectivity index (χ1v) is 4.68. The fourth-order valence-electron chi connectivity index (χ4n) is 1.69. The molecule has 0 radical (unpaired) electrons. The second-order valence-electron chi connectivity index (χ2n) is 4.11. The molecule has 3 N–H and O–H groups in total. The number of hydrogen-bond donors (Lipinski definition) is 2. The quantitative estimate of drug-likeness (QED) is 0.650. The molecule has 0 saturated carbocycles. The van der Waals surface area contributed by atoms with E-state index in [0.717, 1.165) is 6.54 Å². The number of carbonyl (C=O) groups excluding carboxylic acids is 1. The Kier molecular flexibility index (Phi) is 3.10. The molecule has 1 atom stereocenters. The third-order valence-electron chi connectivity index (χ3n) is 2.74. The molecule has 14 heavy (non-hydrogen) atoms. The van der Waals surface area contributed by atoms with Crippen molar-refractivity contribution in [1.82, 2.24) is 4.90 Å². The van der Waals surface area contributed by atoms with Gasteiger partial charge in [0.1, 0.15) is 0 Å². The maximum atomic E-state index is 10.9. The van der Waals surface area contributed by atoms with Crippen molar-refractivity contribution in [3.8, 4) is 0 Å². The SMILES string of the molecule is CC1(C(=O)O)CCN(CCC(N)=O)C1. The largest absolute Gasteiger partial charge is 0.481 e. The normalized spacial score (nSPS) is 27.8. The fraction of sp³-hybridized carbons (Fsp3) is 0.778. The predicted molar refractivity (Wildman–Crippen MR) is 50.6 cm³/mol. The molecule has 1 aliphatic heterocycles. The van der Waals surface area contributed by atoms with E-state index in [1.807, 2.05) is 4.90 Å². The minimum atomic E-state index is -0.765. The zero-order valence-corrected chi connectivity index (χ0v) is 8.32. The molecule has 5 heteroatoms. The van der Waals surface area contributed by atoms with Crippen molar-refractivity contribution >= 4 is 11.9 Å². The smallest absolute Gasteiger partial charge is 0.310 e. The highest BCUT2D eigenvalue weighted by molar-refractivity contribution is 5.75. The first-order chi connectivity index (χ1) is 6.44. The van der Waals surface area contributed by atoms with Gasteiger partial charge in [0.05, 0.1) is 5.41 Å². The fourth-order valence-corrected chi connectivity index (χ4v) is 1.69. The summed E-state index contributed by atoms with van der Waals surface area (Å²) in [5.74, 6) is -1.10. The van der Waals surface area contributed by atoms with Crippen LogP contribution in [0.3, 0.4) is 0 Å². The van der Waals surface area contributed by atoms with Gasteiger partial charge in [-0.25, -0.2) is 0 Å². The molecule has 0 aromatic carbocycles. The van der Waals surface area contributed by atoms with E-state index in [1.54, 1.807) is 6.92 Å². The summed E-state index contributed by atoms with van der Waals surface area (Å²) in [6.07, 6.45) is 0.941. The van der Waals surface area contributed by atoms with Crippen molar-refractivity contribution in [1.29, 1.82) is 0 Å². The van der Waals surface area contributed by atoms with Gasteiger partial charge >= 0.3 is 5.97 Å². The summed E-state index contributed by atoms with van der Waals surface area (Å²) in [7, 11) is 0. The number of nitrogens with zero attached hydrogens (tertiary/aromatic N) is 1. The van der Waals surface area contributed by atoms with Crippen LogP contribution in [0.4, 0.5) is 0 Å². The number of rotatable bonds is 4. The summed E-state index contributed by atoms with van der Waals surface area (Å²) in [4.78, 5) is 23.4. The van der Waals surface area contributed by atoms with E-state index in [1.165, 1.54) is 0 Å². The molecule has 1 unspecified atom stereocenters. The Labute approximate surface area is 82.9 Å². The topological polar surface area (TPSA) is 83.6 Å². The second kappa shape index (κ2) is 3.96. The number of aliphatic carboxylic acids is 1. The number of nitrogens with two attached hydrogens (primary N) is 1. The number of carboxylic acids is 1. The summed E-state index contributed by atoms with van der Waals surface area (Å²) >= 11 is 0. The van der Waals surface area contributed by atoms with Gasteiger partial charge in [-0.15, -0.1) is 0 Å². The van der Waals surface area contributed by atoms with E-state index in [0.29, 0.717) is 25.9 Å². The third-order valence-corrected chi connectivity index (χ3v) is 2.74. The van der Waals surface area contributed by atoms with Gasteiger partial charge in [0.15, 0.2) is 0 Å². The van der Waals surface area contributed by atoms with Crippen LogP contribution in [0, 0.1) is 5.41 Å². The van der Waals surface area contributed by atoms with E-state index in [2.05, 4.69) is 0 Å². The molecule has 0 aliphatic carbocycles. The standard InChI is InChI=1S/C9H16N2O3/c1-9(8(13)14)3-5-11(6-9)4-2-7(10)12/h2-6H2,1H3,(H2,10,12)(H,13,14). The van der Waals surface area contributed by atoms with E-state index in [9.17, 15) is 9.59 Å². The molecule has 80 valence electrons. The van der Waals surface area contributed by atoms with Crippen molar-refractivity contribution in [2.45, 2.75) is 19.8 Å². The molecule has 0 aromatic rings. The summed E-state index contributed by atoms with van der Waals surface area (Å²) in [6, 6.07) is 0. The average molecular weight is 200 g/mol. The summed E-state index contributed by atoms with van der Waals surface area (Å²) in [5, 5.41) is 8.95. The molecule has 1 rings (SSSR count). The Morgan fingerprint density at radius 2 is 2.21 bits per heavy atom. The zero-order chi connectivity index (χ0) is 10.8. The molecule has 1 aliphatic rings. The van der Waals surface area contributed by atoms with Crippen LogP contribution < -0.4 is 5.73 Å². The minimum Gasteiger partial charge on any atom is -0.481 e. The molecule has 1 heterocycles. The van der Waals surface area contributed by atoms with Gasteiger partial charge in [-0.2, -0.15) is 0 Å². The minimum absolute atomic E-state index is 0.301. The average Bonchev–Trinajstić information content (AvgIpc) is 2.45. The van der Waals surface area contributed by atoms with Crippen LogP contribution in [0.5, 0.6) is 0 Å². The lowest BCUT2D eigenvalue weighted by atomic mass is 9.90. The first kappa shape index (κ1) is 11.0. The van der Waals surface area contributed by atoms with Crippen LogP contribution in [0.15, 0.2) is 0 Å². The van der Waals surface area contributed by atoms with E-state index in [4.69, 9.17) is 10.8 Å².